The number of anilines is 1. The molecule has 3 aromatic carbocycles. The van der Waals surface area contributed by atoms with Crippen molar-refractivity contribution in [2.75, 3.05) is 25.7 Å². The van der Waals surface area contributed by atoms with Crippen LogP contribution in [0.2, 0.25) is 0 Å². The Bertz CT molecular complexity index is 1350. The minimum Gasteiger partial charge on any atom is -0.493 e. The third-order valence-electron chi connectivity index (χ3n) is 6.80. The van der Waals surface area contributed by atoms with Crippen molar-refractivity contribution in [3.63, 3.8) is 0 Å². The van der Waals surface area contributed by atoms with E-state index >= 15 is 0 Å². The van der Waals surface area contributed by atoms with Crippen molar-refractivity contribution in [2.45, 2.75) is 25.8 Å². The van der Waals surface area contributed by atoms with Crippen LogP contribution in [-0.2, 0) is 0 Å². The molecule has 0 saturated carbocycles. The Hall–Kier alpha value is -4.13. The first-order valence-corrected chi connectivity index (χ1v) is 11.6. The predicted octanol–water partition coefficient (Wildman–Crippen LogP) is 4.79. The van der Waals surface area contributed by atoms with E-state index in [1.165, 1.54) is 4.90 Å². The van der Waals surface area contributed by atoms with Gasteiger partial charge in [0.1, 0.15) is 0 Å². The van der Waals surface area contributed by atoms with E-state index in [9.17, 15) is 14.4 Å². The summed E-state index contributed by atoms with van der Waals surface area (Å²) < 4.78 is 10.8. The van der Waals surface area contributed by atoms with Crippen molar-refractivity contribution in [2.24, 2.45) is 0 Å². The number of hydrogen-bond donors (Lipinski definition) is 0. The molecule has 3 aromatic rings. The minimum atomic E-state index is -0.410. The lowest BCUT2D eigenvalue weighted by Gasteiger charge is -2.26. The van der Waals surface area contributed by atoms with Gasteiger partial charge in [0.15, 0.2) is 11.5 Å². The van der Waals surface area contributed by atoms with Gasteiger partial charge in [-0.15, -0.1) is 0 Å². The maximum atomic E-state index is 13.6. The smallest absolute Gasteiger partial charge is 0.266 e. The normalized spacial score (nSPS) is 17.1. The summed E-state index contributed by atoms with van der Waals surface area (Å²) >= 11 is 0. The second-order valence-corrected chi connectivity index (χ2v) is 8.76. The highest BCUT2D eigenvalue weighted by Crippen LogP contribution is 2.38. The summed E-state index contributed by atoms with van der Waals surface area (Å²) in [6.07, 6.45) is 1.69. The first kappa shape index (κ1) is 22.7. The van der Waals surface area contributed by atoms with E-state index < -0.39 is 5.91 Å². The molecule has 0 N–H and O–H groups in total. The fraction of sp³-hybridized carbons (Fsp3) is 0.250. The van der Waals surface area contributed by atoms with Crippen LogP contribution in [0.15, 0.2) is 60.7 Å². The van der Waals surface area contributed by atoms with E-state index in [2.05, 4.69) is 0 Å². The highest BCUT2D eigenvalue weighted by molar-refractivity contribution is 6.35. The van der Waals surface area contributed by atoms with E-state index in [1.54, 1.807) is 44.6 Å². The maximum absolute atomic E-state index is 13.6. The van der Waals surface area contributed by atoms with Gasteiger partial charge in [0.2, 0.25) is 0 Å². The number of likely N-dealkylation sites (tertiary alicyclic amines) is 1. The average Bonchev–Trinajstić information content (AvgIpc) is 3.47. The number of ether oxygens (including phenoxy) is 2. The lowest BCUT2D eigenvalue weighted by atomic mass is 10.0. The summed E-state index contributed by atoms with van der Waals surface area (Å²) in [5, 5.41) is 0. The minimum absolute atomic E-state index is 0.114. The first-order chi connectivity index (χ1) is 16.9. The van der Waals surface area contributed by atoms with Gasteiger partial charge in [-0.3, -0.25) is 14.4 Å². The Balaban J connectivity index is 1.45. The molecule has 178 valence electrons. The summed E-state index contributed by atoms with van der Waals surface area (Å²) in [4.78, 5) is 42.8. The molecule has 1 saturated heterocycles. The van der Waals surface area contributed by atoms with Gasteiger partial charge < -0.3 is 14.4 Å². The van der Waals surface area contributed by atoms with E-state index in [0.29, 0.717) is 34.9 Å². The predicted molar refractivity (Wildman–Crippen MR) is 131 cm³/mol. The Kier molecular flexibility index (Phi) is 5.76. The summed E-state index contributed by atoms with van der Waals surface area (Å²) in [5.74, 6) is 0.295. The van der Waals surface area contributed by atoms with Crippen LogP contribution in [0.5, 0.6) is 11.5 Å². The zero-order valence-corrected chi connectivity index (χ0v) is 19.9. The van der Waals surface area contributed by atoms with Crippen LogP contribution in [0, 0.1) is 6.92 Å². The topological polar surface area (TPSA) is 76.2 Å². The van der Waals surface area contributed by atoms with E-state index in [4.69, 9.17) is 9.47 Å². The van der Waals surface area contributed by atoms with E-state index in [-0.39, 0.29) is 23.4 Å². The van der Waals surface area contributed by atoms with Gasteiger partial charge in [-0.2, -0.15) is 0 Å². The number of para-hydroxylation sites is 1. The van der Waals surface area contributed by atoms with Gasteiger partial charge in [-0.25, -0.2) is 4.90 Å². The van der Waals surface area contributed by atoms with Gasteiger partial charge in [0, 0.05) is 12.1 Å². The number of fused-ring (bicyclic) bond motifs is 1. The average molecular weight is 471 g/mol. The number of carbonyl (C=O) groups is 3. The van der Waals surface area contributed by atoms with Crippen LogP contribution in [0.4, 0.5) is 5.69 Å². The number of rotatable bonds is 5. The Morgan fingerprint density at radius 3 is 2.37 bits per heavy atom. The van der Waals surface area contributed by atoms with Gasteiger partial charge >= 0.3 is 0 Å². The molecule has 0 spiro atoms. The fourth-order valence-corrected chi connectivity index (χ4v) is 4.99. The van der Waals surface area contributed by atoms with Gasteiger partial charge in [-0.1, -0.05) is 24.3 Å². The summed E-state index contributed by atoms with van der Waals surface area (Å²) in [6.45, 7) is 2.46. The molecule has 2 aliphatic rings. The molecule has 7 heteroatoms. The molecule has 0 bridgehead atoms. The highest BCUT2D eigenvalue weighted by Gasteiger charge is 2.39. The number of carbonyl (C=O) groups excluding carboxylic acids is 3. The molecule has 1 atom stereocenters. The number of nitrogens with zero attached hydrogens (tertiary/aromatic N) is 2. The third-order valence-corrected chi connectivity index (χ3v) is 6.80. The molecule has 1 unspecified atom stereocenters. The standard InChI is InChI=1S/C28H26N2O5/c1-17-7-4-5-8-22(17)30-27(32)20-12-10-19(15-21(20)28(30)33)26(31)29-14-6-9-23(29)18-11-13-24(34-2)25(16-18)35-3/h4-5,7-8,10-13,15-16,23H,6,9,14H2,1-3H3. The van der Waals surface area contributed by atoms with Gasteiger partial charge in [0.05, 0.1) is 37.1 Å². The molecular weight excluding hydrogens is 444 g/mol. The van der Waals surface area contributed by atoms with Crippen LogP contribution in [0.3, 0.4) is 0 Å². The summed E-state index contributed by atoms with van der Waals surface area (Å²) in [7, 11) is 3.17. The van der Waals surface area contributed by atoms with Crippen molar-refractivity contribution < 1.29 is 23.9 Å². The van der Waals surface area contributed by atoms with E-state index in [0.717, 1.165) is 24.0 Å². The highest BCUT2D eigenvalue weighted by atomic mass is 16.5. The second kappa shape index (κ2) is 8.91. The van der Waals surface area contributed by atoms with Crippen molar-refractivity contribution in [3.05, 3.63) is 88.5 Å². The van der Waals surface area contributed by atoms with Crippen molar-refractivity contribution in [3.8, 4) is 11.5 Å². The molecular formula is C28H26N2O5. The van der Waals surface area contributed by atoms with Crippen molar-refractivity contribution in [1.82, 2.24) is 4.90 Å². The van der Waals surface area contributed by atoms with E-state index in [1.807, 2.05) is 42.2 Å². The number of benzene rings is 3. The molecule has 3 amide bonds. The molecule has 35 heavy (non-hydrogen) atoms. The number of imide groups is 1. The molecule has 0 aromatic heterocycles. The Labute approximate surface area is 203 Å². The maximum Gasteiger partial charge on any atom is 0.266 e. The lowest BCUT2D eigenvalue weighted by Crippen LogP contribution is -2.31. The number of amides is 3. The molecule has 1 fully saturated rings. The van der Waals surface area contributed by atoms with Crippen molar-refractivity contribution in [1.29, 1.82) is 0 Å². The summed E-state index contributed by atoms with van der Waals surface area (Å²) in [5.41, 5.74) is 3.31. The molecule has 2 aliphatic heterocycles. The second-order valence-electron chi connectivity index (χ2n) is 8.76. The Morgan fingerprint density at radius 2 is 1.63 bits per heavy atom. The number of aryl methyl sites for hydroxylation is 1. The molecule has 2 heterocycles. The zero-order valence-electron chi connectivity index (χ0n) is 19.9. The lowest BCUT2D eigenvalue weighted by molar-refractivity contribution is 0.0735. The number of methoxy groups -OCH3 is 2. The van der Waals surface area contributed by atoms with Crippen LogP contribution in [0.1, 0.15) is 61.1 Å². The monoisotopic (exact) mass is 470 g/mol. The molecule has 7 nitrogen and oxygen atoms in total. The van der Waals surface area contributed by atoms with Gasteiger partial charge in [-0.05, 0) is 67.3 Å². The number of hydrogen-bond acceptors (Lipinski definition) is 5. The summed E-state index contributed by atoms with van der Waals surface area (Å²) in [6, 6.07) is 17.6. The van der Waals surface area contributed by atoms with Crippen LogP contribution in [0.25, 0.3) is 0 Å². The van der Waals surface area contributed by atoms with Crippen LogP contribution < -0.4 is 14.4 Å². The van der Waals surface area contributed by atoms with Gasteiger partial charge in [0.25, 0.3) is 17.7 Å². The third kappa shape index (κ3) is 3.73. The Morgan fingerprint density at radius 1 is 0.886 bits per heavy atom. The zero-order chi connectivity index (χ0) is 24.7. The molecule has 0 radical (unpaired) electrons. The first-order valence-electron chi connectivity index (χ1n) is 11.6. The quantitative estimate of drug-likeness (QED) is 0.501. The molecule has 5 rings (SSSR count). The fourth-order valence-electron chi connectivity index (χ4n) is 4.99. The van der Waals surface area contributed by atoms with Crippen LogP contribution in [-0.4, -0.2) is 43.4 Å². The van der Waals surface area contributed by atoms with Crippen LogP contribution >= 0.6 is 0 Å². The molecule has 0 aliphatic carbocycles. The van der Waals surface area contributed by atoms with Crippen molar-refractivity contribution >= 4 is 23.4 Å². The largest absolute Gasteiger partial charge is 0.493 e. The SMILES string of the molecule is COc1ccc(C2CCCN2C(=O)c2ccc3c(c2)C(=O)N(c2ccccc2C)C3=O)cc1OC.